The van der Waals surface area contributed by atoms with Crippen LogP contribution in [0.3, 0.4) is 0 Å². The Hall–Kier alpha value is -1.55. The fourth-order valence-electron chi connectivity index (χ4n) is 1.80. The van der Waals surface area contributed by atoms with Gasteiger partial charge in [-0.05, 0) is 37.1 Å². The normalized spacial score (nSPS) is 13.5. The van der Waals surface area contributed by atoms with Gasteiger partial charge in [0, 0.05) is 6.54 Å². The number of ether oxygens (including phenoxy) is 2. The van der Waals surface area contributed by atoms with Gasteiger partial charge in [0.2, 0.25) is 0 Å². The molecule has 0 spiro atoms. The average molecular weight is 235 g/mol. The van der Waals surface area contributed by atoms with Gasteiger partial charge in [0.25, 0.3) is 0 Å². The Kier molecular flexibility index (Phi) is 3.64. The maximum atomic E-state index is 10.8. The molecule has 0 atom stereocenters. The molecule has 2 rings (SSSR count). The van der Waals surface area contributed by atoms with Crippen LogP contribution in [0.2, 0.25) is 0 Å². The van der Waals surface area contributed by atoms with Crippen LogP contribution >= 0.6 is 0 Å². The highest BCUT2D eigenvalue weighted by atomic mass is 16.6. The zero-order valence-electron chi connectivity index (χ0n) is 10.2. The van der Waals surface area contributed by atoms with E-state index in [1.807, 2.05) is 19.1 Å². The Morgan fingerprint density at radius 1 is 1.29 bits per heavy atom. The van der Waals surface area contributed by atoms with Gasteiger partial charge in [-0.1, -0.05) is 0 Å². The van der Waals surface area contributed by atoms with Gasteiger partial charge in [-0.15, -0.1) is 0 Å². The second-order valence-corrected chi connectivity index (χ2v) is 4.23. The van der Waals surface area contributed by atoms with Crippen molar-refractivity contribution in [2.24, 2.45) is 0 Å². The number of benzene rings is 1. The molecule has 0 amide bonds. The monoisotopic (exact) mass is 235 g/mol. The molecule has 1 aliphatic rings. The Balaban J connectivity index is 2.09. The summed E-state index contributed by atoms with van der Waals surface area (Å²) in [6.45, 7) is 5.87. The van der Waals surface area contributed by atoms with Gasteiger partial charge < -0.3 is 14.8 Å². The SMILES string of the molecule is CC(=O)CNCc1cc2c(cc1C)OCCO2. The Labute approximate surface area is 101 Å². The number of nitrogens with one attached hydrogen (secondary N) is 1. The molecule has 0 aliphatic carbocycles. The minimum absolute atomic E-state index is 0.139. The van der Waals surface area contributed by atoms with E-state index >= 15 is 0 Å². The summed E-state index contributed by atoms with van der Waals surface area (Å²) in [5.41, 5.74) is 2.28. The Morgan fingerprint density at radius 2 is 1.94 bits per heavy atom. The minimum Gasteiger partial charge on any atom is -0.486 e. The van der Waals surface area contributed by atoms with E-state index in [1.165, 1.54) is 0 Å². The molecule has 1 aliphatic heterocycles. The molecule has 1 aromatic rings. The van der Waals surface area contributed by atoms with E-state index in [2.05, 4.69) is 5.32 Å². The van der Waals surface area contributed by atoms with Crippen molar-refractivity contribution >= 4 is 5.78 Å². The van der Waals surface area contributed by atoms with Crippen molar-refractivity contribution in [1.29, 1.82) is 0 Å². The molecule has 4 nitrogen and oxygen atoms in total. The molecular weight excluding hydrogens is 218 g/mol. The summed E-state index contributed by atoms with van der Waals surface area (Å²) in [7, 11) is 0. The standard InChI is InChI=1S/C13H17NO3/c1-9-5-12-13(17-4-3-16-12)6-11(9)8-14-7-10(2)15/h5-6,14H,3-4,7-8H2,1-2H3. The van der Waals surface area contributed by atoms with E-state index in [0.29, 0.717) is 26.3 Å². The summed E-state index contributed by atoms with van der Waals surface area (Å²) >= 11 is 0. The lowest BCUT2D eigenvalue weighted by molar-refractivity contribution is -0.116. The van der Waals surface area contributed by atoms with Crippen molar-refractivity contribution in [3.8, 4) is 11.5 Å². The van der Waals surface area contributed by atoms with Crippen LogP contribution in [0.4, 0.5) is 0 Å². The summed E-state index contributed by atoms with van der Waals surface area (Å²) in [5, 5.41) is 3.10. The first-order valence-corrected chi connectivity index (χ1v) is 5.76. The number of carbonyl (C=O) groups is 1. The van der Waals surface area contributed by atoms with Crippen molar-refractivity contribution < 1.29 is 14.3 Å². The lowest BCUT2D eigenvalue weighted by Crippen LogP contribution is -2.21. The first-order valence-electron chi connectivity index (χ1n) is 5.76. The number of hydrogen-bond donors (Lipinski definition) is 1. The first-order chi connectivity index (χ1) is 8.16. The van der Waals surface area contributed by atoms with Gasteiger partial charge in [0.05, 0.1) is 6.54 Å². The van der Waals surface area contributed by atoms with Crippen molar-refractivity contribution in [3.05, 3.63) is 23.3 Å². The Morgan fingerprint density at radius 3 is 2.59 bits per heavy atom. The number of ketones is 1. The largest absolute Gasteiger partial charge is 0.486 e. The molecular formula is C13H17NO3. The topological polar surface area (TPSA) is 47.6 Å². The summed E-state index contributed by atoms with van der Waals surface area (Å²) in [6, 6.07) is 3.97. The average Bonchev–Trinajstić information content (AvgIpc) is 2.29. The van der Waals surface area contributed by atoms with E-state index in [4.69, 9.17) is 9.47 Å². The van der Waals surface area contributed by atoms with Crippen LogP contribution in [-0.4, -0.2) is 25.5 Å². The molecule has 1 aromatic carbocycles. The molecule has 0 aromatic heterocycles. The van der Waals surface area contributed by atoms with Gasteiger partial charge >= 0.3 is 0 Å². The number of rotatable bonds is 4. The van der Waals surface area contributed by atoms with Crippen molar-refractivity contribution in [2.45, 2.75) is 20.4 Å². The van der Waals surface area contributed by atoms with E-state index in [9.17, 15) is 4.79 Å². The zero-order valence-corrected chi connectivity index (χ0v) is 10.2. The van der Waals surface area contributed by atoms with Crippen LogP contribution in [-0.2, 0) is 11.3 Å². The quantitative estimate of drug-likeness (QED) is 0.858. The molecule has 1 N–H and O–H groups in total. The van der Waals surface area contributed by atoms with Crippen molar-refractivity contribution in [1.82, 2.24) is 5.32 Å². The second kappa shape index (κ2) is 5.19. The van der Waals surface area contributed by atoms with Crippen molar-refractivity contribution in [3.63, 3.8) is 0 Å². The number of Topliss-reactive ketones (excluding diaryl/α,β-unsaturated/α-hetero) is 1. The molecule has 0 bridgehead atoms. The van der Waals surface area contributed by atoms with Crippen LogP contribution < -0.4 is 14.8 Å². The summed E-state index contributed by atoms with van der Waals surface area (Å²) in [4.78, 5) is 10.8. The van der Waals surface area contributed by atoms with Crippen LogP contribution in [0.25, 0.3) is 0 Å². The van der Waals surface area contributed by atoms with Gasteiger partial charge in [-0.3, -0.25) is 4.79 Å². The third-order valence-corrected chi connectivity index (χ3v) is 2.69. The molecule has 92 valence electrons. The number of fused-ring (bicyclic) bond motifs is 1. The van der Waals surface area contributed by atoms with Crippen LogP contribution in [0.15, 0.2) is 12.1 Å². The zero-order chi connectivity index (χ0) is 12.3. The second-order valence-electron chi connectivity index (χ2n) is 4.23. The van der Waals surface area contributed by atoms with Crippen LogP contribution in [0, 0.1) is 6.92 Å². The predicted molar refractivity (Wildman–Crippen MR) is 64.6 cm³/mol. The van der Waals surface area contributed by atoms with E-state index in [0.717, 1.165) is 22.6 Å². The van der Waals surface area contributed by atoms with E-state index < -0.39 is 0 Å². The van der Waals surface area contributed by atoms with E-state index in [-0.39, 0.29) is 5.78 Å². The highest BCUT2D eigenvalue weighted by Gasteiger charge is 2.13. The molecule has 17 heavy (non-hydrogen) atoms. The summed E-state index contributed by atoms with van der Waals surface area (Å²) in [5.74, 6) is 1.74. The Bertz CT molecular complexity index is 429. The summed E-state index contributed by atoms with van der Waals surface area (Å²) < 4.78 is 11.0. The smallest absolute Gasteiger partial charge is 0.161 e. The molecule has 0 saturated heterocycles. The third-order valence-electron chi connectivity index (χ3n) is 2.69. The van der Waals surface area contributed by atoms with Crippen LogP contribution in [0.1, 0.15) is 18.1 Å². The lowest BCUT2D eigenvalue weighted by atomic mass is 10.1. The fourth-order valence-corrected chi connectivity index (χ4v) is 1.80. The molecule has 1 heterocycles. The third kappa shape index (κ3) is 2.97. The molecule has 0 saturated carbocycles. The van der Waals surface area contributed by atoms with Crippen molar-refractivity contribution in [2.75, 3.05) is 19.8 Å². The molecule has 4 heteroatoms. The predicted octanol–water partition coefficient (Wildman–Crippen LogP) is 1.44. The number of hydrogen-bond acceptors (Lipinski definition) is 4. The van der Waals surface area contributed by atoms with Crippen LogP contribution in [0.5, 0.6) is 11.5 Å². The molecule has 0 radical (unpaired) electrons. The van der Waals surface area contributed by atoms with Gasteiger partial charge in [0.15, 0.2) is 11.5 Å². The maximum Gasteiger partial charge on any atom is 0.161 e. The number of aryl methyl sites for hydroxylation is 1. The fraction of sp³-hybridized carbons (Fsp3) is 0.462. The lowest BCUT2D eigenvalue weighted by Gasteiger charge is -2.20. The van der Waals surface area contributed by atoms with Gasteiger partial charge in [-0.2, -0.15) is 0 Å². The molecule has 0 unspecified atom stereocenters. The molecule has 0 fully saturated rings. The minimum atomic E-state index is 0.139. The first kappa shape index (κ1) is 11.9. The van der Waals surface area contributed by atoms with Gasteiger partial charge in [0.1, 0.15) is 19.0 Å². The highest BCUT2D eigenvalue weighted by Crippen LogP contribution is 2.32. The number of carbonyl (C=O) groups excluding carboxylic acids is 1. The highest BCUT2D eigenvalue weighted by molar-refractivity contribution is 5.77. The maximum absolute atomic E-state index is 10.8. The van der Waals surface area contributed by atoms with Gasteiger partial charge in [-0.25, -0.2) is 0 Å². The summed E-state index contributed by atoms with van der Waals surface area (Å²) in [6.07, 6.45) is 0. The van der Waals surface area contributed by atoms with E-state index in [1.54, 1.807) is 6.92 Å².